The largest absolute Gasteiger partial charge is 0.326 e. The van der Waals surface area contributed by atoms with Crippen molar-refractivity contribution in [2.24, 2.45) is 5.92 Å². The second-order valence-electron chi connectivity index (χ2n) is 9.60. The van der Waals surface area contributed by atoms with Gasteiger partial charge in [-0.15, -0.1) is 0 Å². The molecule has 0 radical (unpaired) electrons. The number of allylic oxidation sites excluding steroid dienone is 5. The topological polar surface area (TPSA) is 48.1 Å². The van der Waals surface area contributed by atoms with E-state index in [0.29, 0.717) is 12.3 Å². The molecule has 0 fully saturated rings. The van der Waals surface area contributed by atoms with Crippen molar-refractivity contribution >= 4 is 0 Å². The highest BCUT2D eigenvalue weighted by molar-refractivity contribution is 5.47. The van der Waals surface area contributed by atoms with Crippen LogP contribution in [0.5, 0.6) is 0 Å². The minimum atomic E-state index is -0.00758. The molecule has 0 aliphatic rings. The standard InChI is InChI=1S/C29H45N3O/c1-10-12-25(13-11-15-32(16-14-30-9)20-21(2)3)18-26(22(4)5)19-28-27(23(6)7)17-24(8)31-29(28)33/h12,17-18,21,23,30H,4,10,14-16,19-20H2,1-3,5-9H3,(H,31,33)/b25-12-,26-18-. The number of hydrogen-bond acceptors (Lipinski definition) is 3. The fraction of sp³-hybridized carbons (Fsp3) is 0.552. The quantitative estimate of drug-likeness (QED) is 0.332. The van der Waals surface area contributed by atoms with Gasteiger partial charge < -0.3 is 10.3 Å². The van der Waals surface area contributed by atoms with Crippen LogP contribution in [0.1, 0.15) is 70.7 Å². The molecule has 0 bridgehead atoms. The summed E-state index contributed by atoms with van der Waals surface area (Å²) in [5.41, 5.74) is 5.82. The highest BCUT2D eigenvalue weighted by Gasteiger charge is 2.14. The van der Waals surface area contributed by atoms with E-state index in [2.05, 4.69) is 86.5 Å². The fourth-order valence-electron chi connectivity index (χ4n) is 3.78. The van der Waals surface area contributed by atoms with Crippen LogP contribution in [0.4, 0.5) is 0 Å². The van der Waals surface area contributed by atoms with Gasteiger partial charge in [-0.1, -0.05) is 64.7 Å². The average molecular weight is 452 g/mol. The maximum atomic E-state index is 12.8. The number of H-pyrrole nitrogens is 1. The summed E-state index contributed by atoms with van der Waals surface area (Å²) in [5.74, 6) is 7.64. The third-order valence-corrected chi connectivity index (χ3v) is 5.43. The Hall–Kier alpha value is -2.35. The van der Waals surface area contributed by atoms with Crippen molar-refractivity contribution in [3.05, 3.63) is 68.7 Å². The van der Waals surface area contributed by atoms with Crippen LogP contribution in [-0.4, -0.2) is 43.1 Å². The van der Waals surface area contributed by atoms with Crippen LogP contribution in [0, 0.1) is 24.7 Å². The number of rotatable bonds is 12. The Kier molecular flexibility index (Phi) is 12.8. The summed E-state index contributed by atoms with van der Waals surface area (Å²) in [7, 11) is 1.98. The zero-order chi connectivity index (χ0) is 25.0. The Balaban J connectivity index is 3.23. The maximum absolute atomic E-state index is 12.8. The lowest BCUT2D eigenvalue weighted by Crippen LogP contribution is -2.34. The van der Waals surface area contributed by atoms with Gasteiger partial charge in [-0.25, -0.2) is 0 Å². The molecule has 0 saturated carbocycles. The van der Waals surface area contributed by atoms with Gasteiger partial charge in [0.1, 0.15) is 0 Å². The van der Waals surface area contributed by atoms with Gasteiger partial charge in [0, 0.05) is 42.9 Å². The highest BCUT2D eigenvalue weighted by atomic mass is 16.1. The molecule has 0 aliphatic heterocycles. The second kappa shape index (κ2) is 14.7. The number of likely N-dealkylation sites (N-methyl/N-ethyl adjacent to an activating group) is 1. The Bertz CT molecular complexity index is 951. The molecule has 182 valence electrons. The number of pyridine rings is 1. The van der Waals surface area contributed by atoms with E-state index in [1.807, 2.05) is 20.9 Å². The lowest BCUT2D eigenvalue weighted by molar-refractivity contribution is 0.274. The van der Waals surface area contributed by atoms with Crippen LogP contribution in [0.25, 0.3) is 0 Å². The van der Waals surface area contributed by atoms with Gasteiger partial charge in [0.25, 0.3) is 5.56 Å². The molecule has 0 unspecified atom stereocenters. The maximum Gasteiger partial charge on any atom is 0.251 e. The zero-order valence-electron chi connectivity index (χ0n) is 22.2. The monoisotopic (exact) mass is 451 g/mol. The predicted molar refractivity (Wildman–Crippen MR) is 144 cm³/mol. The molecular weight excluding hydrogens is 406 g/mol. The van der Waals surface area contributed by atoms with E-state index in [1.54, 1.807) is 0 Å². The van der Waals surface area contributed by atoms with Crippen molar-refractivity contribution in [1.29, 1.82) is 0 Å². The van der Waals surface area contributed by atoms with Crippen LogP contribution in [0.15, 0.2) is 46.3 Å². The van der Waals surface area contributed by atoms with E-state index < -0.39 is 0 Å². The Morgan fingerprint density at radius 1 is 1.30 bits per heavy atom. The number of aryl methyl sites for hydroxylation is 1. The van der Waals surface area contributed by atoms with E-state index in [-0.39, 0.29) is 11.5 Å². The van der Waals surface area contributed by atoms with Gasteiger partial charge in [-0.3, -0.25) is 9.69 Å². The average Bonchev–Trinajstić information content (AvgIpc) is 2.72. The molecule has 0 atom stereocenters. The first kappa shape index (κ1) is 28.7. The lowest BCUT2D eigenvalue weighted by Gasteiger charge is -2.21. The summed E-state index contributed by atoms with van der Waals surface area (Å²) in [6.45, 7) is 22.7. The molecule has 0 amide bonds. The van der Waals surface area contributed by atoms with Crippen LogP contribution in [-0.2, 0) is 6.42 Å². The molecule has 2 N–H and O–H groups in total. The fourth-order valence-corrected chi connectivity index (χ4v) is 3.78. The molecule has 0 saturated heterocycles. The number of nitrogens with zero attached hydrogens (tertiary/aromatic N) is 1. The van der Waals surface area contributed by atoms with Crippen molar-refractivity contribution in [2.45, 2.75) is 67.2 Å². The summed E-state index contributed by atoms with van der Waals surface area (Å²) < 4.78 is 0. The Labute approximate surface area is 202 Å². The molecule has 4 heteroatoms. The molecular formula is C29H45N3O. The molecule has 0 aromatic carbocycles. The van der Waals surface area contributed by atoms with Crippen molar-refractivity contribution in [1.82, 2.24) is 15.2 Å². The van der Waals surface area contributed by atoms with Gasteiger partial charge in [0.05, 0.1) is 6.54 Å². The first-order chi connectivity index (χ1) is 15.6. The number of nitrogens with one attached hydrogen (secondary N) is 2. The van der Waals surface area contributed by atoms with Gasteiger partial charge in [-0.2, -0.15) is 0 Å². The molecule has 0 aliphatic carbocycles. The van der Waals surface area contributed by atoms with Crippen molar-refractivity contribution < 1.29 is 0 Å². The molecule has 1 heterocycles. The van der Waals surface area contributed by atoms with E-state index in [9.17, 15) is 4.79 Å². The molecule has 33 heavy (non-hydrogen) atoms. The highest BCUT2D eigenvalue weighted by Crippen LogP contribution is 2.23. The minimum absolute atomic E-state index is 0.00758. The summed E-state index contributed by atoms with van der Waals surface area (Å²) in [4.78, 5) is 18.2. The number of hydrogen-bond donors (Lipinski definition) is 2. The summed E-state index contributed by atoms with van der Waals surface area (Å²) in [6.07, 6.45) is 5.73. The summed E-state index contributed by atoms with van der Waals surface area (Å²) >= 11 is 0. The summed E-state index contributed by atoms with van der Waals surface area (Å²) in [6, 6.07) is 2.09. The second-order valence-corrected chi connectivity index (χ2v) is 9.60. The first-order valence-corrected chi connectivity index (χ1v) is 12.2. The van der Waals surface area contributed by atoms with Gasteiger partial charge in [0.15, 0.2) is 0 Å². The van der Waals surface area contributed by atoms with Crippen LogP contribution < -0.4 is 10.9 Å². The van der Waals surface area contributed by atoms with Crippen molar-refractivity contribution in [3.8, 4) is 11.8 Å². The number of aromatic amines is 1. The molecule has 1 aromatic rings. The van der Waals surface area contributed by atoms with E-state index in [4.69, 9.17) is 0 Å². The summed E-state index contributed by atoms with van der Waals surface area (Å²) in [5, 5.41) is 3.22. The Morgan fingerprint density at radius 3 is 2.55 bits per heavy atom. The van der Waals surface area contributed by atoms with Crippen molar-refractivity contribution in [2.75, 3.05) is 33.2 Å². The molecule has 0 spiro atoms. The molecule has 1 aromatic heterocycles. The lowest BCUT2D eigenvalue weighted by atomic mass is 9.91. The van der Waals surface area contributed by atoms with Crippen LogP contribution in [0.3, 0.4) is 0 Å². The SMILES string of the molecule is C=C(C)/C(=C\C(C#CCN(CCNC)CC(C)C)=C/CC)Cc1c(C(C)C)cc(C)[nH]c1=O. The third kappa shape index (κ3) is 10.4. The molecule has 1 rings (SSSR count). The van der Waals surface area contributed by atoms with Crippen LogP contribution in [0.2, 0.25) is 0 Å². The minimum Gasteiger partial charge on any atom is -0.326 e. The first-order valence-electron chi connectivity index (χ1n) is 12.2. The Morgan fingerprint density at radius 2 is 2.00 bits per heavy atom. The predicted octanol–water partition coefficient (Wildman–Crippen LogP) is 5.37. The molecule has 4 nitrogen and oxygen atoms in total. The van der Waals surface area contributed by atoms with E-state index in [0.717, 1.165) is 66.1 Å². The van der Waals surface area contributed by atoms with Gasteiger partial charge in [-0.05, 0) is 62.4 Å². The third-order valence-electron chi connectivity index (χ3n) is 5.43. The van der Waals surface area contributed by atoms with Gasteiger partial charge in [0.2, 0.25) is 0 Å². The normalized spacial score (nSPS) is 12.5. The smallest absolute Gasteiger partial charge is 0.251 e. The van der Waals surface area contributed by atoms with Crippen molar-refractivity contribution in [3.63, 3.8) is 0 Å². The number of aromatic nitrogens is 1. The van der Waals surface area contributed by atoms with E-state index >= 15 is 0 Å². The van der Waals surface area contributed by atoms with Crippen LogP contribution >= 0.6 is 0 Å². The zero-order valence-corrected chi connectivity index (χ0v) is 22.2. The van der Waals surface area contributed by atoms with Gasteiger partial charge >= 0.3 is 0 Å². The van der Waals surface area contributed by atoms with E-state index in [1.165, 1.54) is 0 Å².